The minimum atomic E-state index is -0.704. The van der Waals surface area contributed by atoms with Crippen molar-refractivity contribution in [2.45, 2.75) is 95.6 Å². The Labute approximate surface area is 157 Å². The largest absolute Gasteiger partial charge is 0.396 e. The number of hydrogen-bond acceptors (Lipinski definition) is 5. The van der Waals surface area contributed by atoms with Gasteiger partial charge in [0.1, 0.15) is 4.75 Å². The number of carbonyl (C=O) groups excluding carboxylic acids is 1. The van der Waals surface area contributed by atoms with Gasteiger partial charge in [-0.25, -0.2) is 0 Å². The highest BCUT2D eigenvalue weighted by Crippen LogP contribution is 2.34. The van der Waals surface area contributed by atoms with Crippen molar-refractivity contribution in [3.05, 3.63) is 0 Å². The smallest absolute Gasteiger partial charge is 0.247 e. The summed E-state index contributed by atoms with van der Waals surface area (Å²) in [5.74, 6) is 0.851. The highest BCUT2D eigenvalue weighted by molar-refractivity contribution is 8.39. The Morgan fingerprint density at radius 3 is 2.04 bits per heavy atom. The Hall–Kier alpha value is -0.180. The van der Waals surface area contributed by atoms with Crippen LogP contribution in [0.5, 0.6) is 0 Å². The van der Waals surface area contributed by atoms with E-state index in [4.69, 9.17) is 5.11 Å². The zero-order valence-corrected chi connectivity index (χ0v) is 17.2. The van der Waals surface area contributed by atoms with Gasteiger partial charge in [-0.05, 0) is 26.2 Å². The quantitative estimate of drug-likeness (QED) is 0.330. The van der Waals surface area contributed by atoms with Crippen LogP contribution in [0.15, 0.2) is 0 Å². The molecule has 1 N–H and O–H groups in total. The fourth-order valence-corrected chi connectivity index (χ4v) is 4.72. The third kappa shape index (κ3) is 14.2. The van der Waals surface area contributed by atoms with Crippen molar-refractivity contribution in [2.75, 3.05) is 12.4 Å². The van der Waals surface area contributed by atoms with E-state index >= 15 is 0 Å². The second-order valence-corrected chi connectivity index (χ2v) is 9.35. The van der Waals surface area contributed by atoms with E-state index in [1.807, 2.05) is 0 Å². The third-order valence-corrected chi connectivity index (χ3v) is 6.32. The number of thioether (sulfide) groups is 2. The van der Waals surface area contributed by atoms with Crippen molar-refractivity contribution in [1.29, 1.82) is 5.26 Å². The molecule has 5 heteroatoms. The molecule has 0 heterocycles. The minimum Gasteiger partial charge on any atom is -0.396 e. The molecule has 0 spiro atoms. The maximum Gasteiger partial charge on any atom is 0.247 e. The molecule has 0 aromatic heterocycles. The van der Waals surface area contributed by atoms with Crippen molar-refractivity contribution in [3.8, 4) is 6.07 Å². The molecule has 0 radical (unpaired) electrons. The minimum absolute atomic E-state index is 0.0351. The highest BCUT2D eigenvalue weighted by Gasteiger charge is 2.27. The second-order valence-electron chi connectivity index (χ2n) is 6.55. The Bertz CT molecular complexity index is 358. The van der Waals surface area contributed by atoms with E-state index in [1.54, 1.807) is 6.92 Å². The fourth-order valence-electron chi connectivity index (χ4n) is 2.50. The van der Waals surface area contributed by atoms with Crippen LogP contribution in [-0.2, 0) is 0 Å². The number of nitrogens with zero attached hydrogens (tertiary/aromatic N) is 1. The molecule has 0 rings (SSSR count). The van der Waals surface area contributed by atoms with E-state index in [-0.39, 0.29) is 11.1 Å². The van der Waals surface area contributed by atoms with E-state index in [9.17, 15) is 10.1 Å². The van der Waals surface area contributed by atoms with Gasteiger partial charge in [0.05, 0.1) is 6.07 Å². The SMILES string of the molecule is CCCCCCCCCCCCSC(=O)SC(C)(C#N)CCCO. The number of aliphatic hydroxyl groups excluding tert-OH is 1. The molecule has 1 atom stereocenters. The molecule has 0 saturated carbocycles. The fraction of sp³-hybridized carbons (Fsp3) is 0.895. The maximum atomic E-state index is 12.0. The van der Waals surface area contributed by atoms with Gasteiger partial charge >= 0.3 is 0 Å². The van der Waals surface area contributed by atoms with E-state index in [0.717, 1.165) is 23.9 Å². The summed E-state index contributed by atoms with van der Waals surface area (Å²) >= 11 is 2.46. The Balaban J connectivity index is 3.53. The average Bonchev–Trinajstić information content (AvgIpc) is 2.58. The van der Waals surface area contributed by atoms with Crippen LogP contribution in [0.3, 0.4) is 0 Å². The number of unbranched alkanes of at least 4 members (excludes halogenated alkanes) is 9. The standard InChI is InChI=1S/C19H35NO2S2/c1-3-4-5-6-7-8-9-10-11-12-16-23-18(22)24-19(2,17-20)14-13-15-21/h21H,3-16H2,1-2H3. The molecular formula is C19H35NO2S2. The molecular weight excluding hydrogens is 338 g/mol. The summed E-state index contributed by atoms with van der Waals surface area (Å²) in [5, 5.41) is 18.1. The zero-order valence-electron chi connectivity index (χ0n) is 15.5. The van der Waals surface area contributed by atoms with Crippen LogP contribution in [0.1, 0.15) is 90.9 Å². The first-order chi connectivity index (χ1) is 11.6. The van der Waals surface area contributed by atoms with Crippen LogP contribution in [0.2, 0.25) is 0 Å². The van der Waals surface area contributed by atoms with E-state index < -0.39 is 4.75 Å². The summed E-state index contributed by atoms with van der Waals surface area (Å²) in [6.07, 6.45) is 14.1. The Morgan fingerprint density at radius 1 is 1.00 bits per heavy atom. The van der Waals surface area contributed by atoms with Crippen LogP contribution in [0.4, 0.5) is 4.79 Å². The van der Waals surface area contributed by atoms with Crippen molar-refractivity contribution in [3.63, 3.8) is 0 Å². The number of hydrogen-bond donors (Lipinski definition) is 1. The lowest BCUT2D eigenvalue weighted by atomic mass is 10.1. The number of aliphatic hydroxyl groups is 1. The molecule has 0 aromatic rings. The summed E-state index contributed by atoms with van der Waals surface area (Å²) in [6.45, 7) is 4.10. The molecule has 24 heavy (non-hydrogen) atoms. The highest BCUT2D eigenvalue weighted by atomic mass is 32.2. The first-order valence-electron chi connectivity index (χ1n) is 9.46. The van der Waals surface area contributed by atoms with Crippen molar-refractivity contribution in [2.24, 2.45) is 0 Å². The van der Waals surface area contributed by atoms with E-state index in [1.165, 1.54) is 69.5 Å². The normalized spacial score (nSPS) is 13.4. The van der Waals surface area contributed by atoms with Gasteiger partial charge in [-0.15, -0.1) is 0 Å². The van der Waals surface area contributed by atoms with Gasteiger partial charge in [0.15, 0.2) is 0 Å². The monoisotopic (exact) mass is 373 g/mol. The van der Waals surface area contributed by atoms with Crippen LogP contribution >= 0.6 is 23.5 Å². The topological polar surface area (TPSA) is 61.1 Å². The molecule has 0 aliphatic rings. The van der Waals surface area contributed by atoms with Gasteiger partial charge in [-0.3, -0.25) is 4.79 Å². The van der Waals surface area contributed by atoms with E-state index in [0.29, 0.717) is 12.8 Å². The van der Waals surface area contributed by atoms with Crippen molar-refractivity contribution >= 4 is 28.0 Å². The molecule has 0 saturated heterocycles. The molecule has 0 bridgehead atoms. The summed E-state index contributed by atoms with van der Waals surface area (Å²) in [4.78, 5) is 12.0. The van der Waals surface area contributed by atoms with Crippen LogP contribution in [0, 0.1) is 11.3 Å². The van der Waals surface area contributed by atoms with Crippen LogP contribution in [-0.4, -0.2) is 26.7 Å². The summed E-state index contributed by atoms with van der Waals surface area (Å²) < 4.78 is -0.669. The molecule has 3 nitrogen and oxygen atoms in total. The zero-order chi connectivity index (χ0) is 18.1. The molecule has 0 aliphatic carbocycles. The summed E-state index contributed by atoms with van der Waals surface area (Å²) in [6, 6.07) is 2.20. The Kier molecular flexibility index (Phi) is 16.2. The second kappa shape index (κ2) is 16.3. The molecule has 140 valence electrons. The maximum absolute atomic E-state index is 12.0. The van der Waals surface area contributed by atoms with Crippen molar-refractivity contribution in [1.82, 2.24) is 0 Å². The molecule has 0 aliphatic heterocycles. The lowest BCUT2D eigenvalue weighted by Gasteiger charge is -2.18. The third-order valence-electron chi connectivity index (χ3n) is 4.07. The predicted octanol–water partition coefficient (Wildman–Crippen LogP) is 6.55. The van der Waals surface area contributed by atoms with Gasteiger partial charge in [0, 0.05) is 12.4 Å². The summed E-state index contributed by atoms with van der Waals surface area (Å²) in [7, 11) is 0. The van der Waals surface area contributed by atoms with Gasteiger partial charge in [0.2, 0.25) is 4.45 Å². The average molecular weight is 374 g/mol. The van der Waals surface area contributed by atoms with Crippen LogP contribution < -0.4 is 0 Å². The first-order valence-corrected chi connectivity index (χ1v) is 11.3. The lowest BCUT2D eigenvalue weighted by molar-refractivity contribution is 0.275. The van der Waals surface area contributed by atoms with Gasteiger partial charge < -0.3 is 5.11 Å². The Morgan fingerprint density at radius 2 is 1.54 bits per heavy atom. The van der Waals surface area contributed by atoms with Gasteiger partial charge in [-0.2, -0.15) is 5.26 Å². The number of rotatable bonds is 15. The summed E-state index contributed by atoms with van der Waals surface area (Å²) in [5.41, 5.74) is 0. The number of nitriles is 1. The van der Waals surface area contributed by atoms with E-state index in [2.05, 4.69) is 13.0 Å². The first kappa shape index (κ1) is 23.8. The lowest BCUT2D eigenvalue weighted by Crippen LogP contribution is -2.19. The van der Waals surface area contributed by atoms with Gasteiger partial charge in [0.25, 0.3) is 0 Å². The molecule has 0 fully saturated rings. The molecule has 0 amide bonds. The van der Waals surface area contributed by atoms with Crippen molar-refractivity contribution < 1.29 is 9.90 Å². The number of carbonyl (C=O) groups is 1. The molecule has 1 unspecified atom stereocenters. The van der Waals surface area contributed by atoms with Crippen LogP contribution in [0.25, 0.3) is 0 Å². The molecule has 0 aromatic carbocycles. The van der Waals surface area contributed by atoms with Gasteiger partial charge in [-0.1, -0.05) is 88.2 Å². The predicted molar refractivity (Wildman–Crippen MR) is 108 cm³/mol.